The first-order chi connectivity index (χ1) is 26.2. The average molecular weight is 751 g/mol. The third kappa shape index (κ3) is 8.14. The van der Waals surface area contributed by atoms with Crippen molar-refractivity contribution in [3.63, 3.8) is 0 Å². The fourth-order valence-electron chi connectivity index (χ4n) is 6.50. The van der Waals surface area contributed by atoms with Crippen molar-refractivity contribution < 1.29 is 40.2 Å². The number of amidine groups is 1. The highest BCUT2D eigenvalue weighted by Crippen LogP contribution is 2.40. The van der Waals surface area contributed by atoms with Crippen LogP contribution in [0.1, 0.15) is 37.4 Å². The van der Waals surface area contributed by atoms with Crippen molar-refractivity contribution in [1.82, 2.24) is 9.80 Å². The summed E-state index contributed by atoms with van der Waals surface area (Å²) in [7, 11) is 4.18. The summed E-state index contributed by atoms with van der Waals surface area (Å²) in [5.74, 6) is -2.25. The third-order valence-electron chi connectivity index (χ3n) is 9.16. The summed E-state index contributed by atoms with van der Waals surface area (Å²) >= 11 is 1.74. The molecule has 0 atom stereocenters. The lowest BCUT2D eigenvalue weighted by molar-refractivity contribution is 0.0682. The molecule has 6 aromatic rings. The average Bonchev–Trinajstić information content (AvgIpc) is 3.59. The number of benzene rings is 5. The van der Waals surface area contributed by atoms with Crippen LogP contribution in [0.3, 0.4) is 0 Å². The molecule has 1 saturated heterocycles. The Labute approximate surface area is 316 Å². The Bertz CT molecular complexity index is 2210. The summed E-state index contributed by atoms with van der Waals surface area (Å²) in [5.41, 5.74) is 3.45. The number of rotatable bonds is 4. The molecule has 2 aliphatic heterocycles. The third-order valence-corrected chi connectivity index (χ3v) is 9.99. The molecule has 280 valence electrons. The van der Waals surface area contributed by atoms with Crippen molar-refractivity contribution in [3.05, 3.63) is 124 Å². The van der Waals surface area contributed by atoms with Gasteiger partial charge in [0.25, 0.3) is 0 Å². The highest BCUT2D eigenvalue weighted by atomic mass is 32.1. The minimum atomic E-state index is -1.28. The molecule has 0 spiro atoms. The van der Waals surface area contributed by atoms with E-state index in [1.165, 1.54) is 22.7 Å². The van der Waals surface area contributed by atoms with Crippen LogP contribution in [0.25, 0.3) is 21.5 Å². The normalized spacial score (nSPS) is 13.3. The quantitative estimate of drug-likeness (QED) is 0.101. The number of piperazine rings is 1. The molecule has 0 saturated carbocycles. The number of carboxylic acid groups (broad SMARTS) is 2. The van der Waals surface area contributed by atoms with Crippen LogP contribution < -0.4 is 5.32 Å². The Kier molecular flexibility index (Phi) is 12.8. The Morgan fingerprint density at radius 3 is 1.76 bits per heavy atom. The number of aliphatic hydroxyl groups excluding tert-OH is 2. The van der Waals surface area contributed by atoms with Crippen molar-refractivity contribution in [2.45, 2.75) is 6.42 Å². The number of likely N-dealkylation sites (N-methyl/N-ethyl adjacent to an activating group) is 1. The van der Waals surface area contributed by atoms with Gasteiger partial charge in [-0.15, -0.1) is 11.3 Å². The topological polar surface area (TPSA) is 186 Å². The molecule has 2 aliphatic rings. The van der Waals surface area contributed by atoms with E-state index in [0.29, 0.717) is 32.7 Å². The van der Waals surface area contributed by atoms with Crippen molar-refractivity contribution in [3.8, 4) is 11.5 Å². The second kappa shape index (κ2) is 17.7. The summed E-state index contributed by atoms with van der Waals surface area (Å²) in [4.78, 5) is 33.0. The molecular weight excluding hydrogens is 709 g/mol. The van der Waals surface area contributed by atoms with Crippen LogP contribution in [0.2, 0.25) is 0 Å². The molecule has 13 heteroatoms. The van der Waals surface area contributed by atoms with Gasteiger partial charge in [-0.05, 0) is 64.3 Å². The van der Waals surface area contributed by atoms with Crippen molar-refractivity contribution in [1.29, 1.82) is 0 Å². The molecule has 0 bridgehead atoms. The van der Waals surface area contributed by atoms with Gasteiger partial charge < -0.3 is 45.8 Å². The molecule has 12 nitrogen and oxygen atoms in total. The van der Waals surface area contributed by atoms with Gasteiger partial charge in [-0.2, -0.15) is 0 Å². The lowest BCUT2D eigenvalue weighted by atomic mass is 9.90. The number of hydrogen-bond acceptors (Lipinski definition) is 11. The zero-order valence-corrected chi connectivity index (χ0v) is 30.8. The van der Waals surface area contributed by atoms with Gasteiger partial charge in [0, 0.05) is 57.9 Å². The fraction of sp³-hybridized carbons (Fsp3) is 0.195. The number of aliphatic imine (C=N–C) groups is 1. The van der Waals surface area contributed by atoms with Gasteiger partial charge in [0.2, 0.25) is 0 Å². The highest BCUT2D eigenvalue weighted by molar-refractivity contribution is 7.14. The number of thiophene rings is 1. The first-order valence-electron chi connectivity index (χ1n) is 17.0. The van der Waals surface area contributed by atoms with Crippen molar-refractivity contribution in [2.75, 3.05) is 52.8 Å². The SMILES string of the molecule is CN1CCN(C2=Nc3ccccc3Nc3sccc32)CC1.CO.CO.O=C(O)c1cc2ccccc2c(Cc2c(O)c(C(=O)O)cc3ccccc23)c1O. The van der Waals surface area contributed by atoms with E-state index in [-0.39, 0.29) is 17.5 Å². The van der Waals surface area contributed by atoms with Crippen molar-refractivity contribution in [2.24, 2.45) is 4.99 Å². The molecule has 1 aromatic heterocycles. The number of carboxylic acids is 2. The van der Waals surface area contributed by atoms with Gasteiger partial charge in [-0.25, -0.2) is 14.6 Å². The number of aromatic carboxylic acids is 2. The van der Waals surface area contributed by atoms with E-state index in [9.17, 15) is 30.0 Å². The van der Waals surface area contributed by atoms with Gasteiger partial charge in [0.15, 0.2) is 0 Å². The van der Waals surface area contributed by atoms with E-state index in [4.69, 9.17) is 15.2 Å². The number of hydrogen-bond donors (Lipinski definition) is 7. The Balaban J connectivity index is 0.000000198. The van der Waals surface area contributed by atoms with Crippen LogP contribution in [0.4, 0.5) is 16.4 Å². The molecule has 54 heavy (non-hydrogen) atoms. The molecule has 7 N–H and O–H groups in total. The van der Waals surface area contributed by atoms with E-state index in [1.807, 2.05) is 6.07 Å². The van der Waals surface area contributed by atoms with Gasteiger partial charge >= 0.3 is 11.9 Å². The van der Waals surface area contributed by atoms with Gasteiger partial charge in [-0.3, -0.25) is 0 Å². The zero-order chi connectivity index (χ0) is 38.9. The highest BCUT2D eigenvalue weighted by Gasteiger charge is 2.25. The van der Waals surface area contributed by atoms with Gasteiger partial charge in [0.1, 0.15) is 33.5 Å². The monoisotopic (exact) mass is 750 g/mol. The molecule has 3 heterocycles. The number of fused-ring (bicyclic) bond motifs is 4. The van der Waals surface area contributed by atoms with Crippen LogP contribution >= 0.6 is 11.3 Å². The van der Waals surface area contributed by atoms with Gasteiger partial charge in [-0.1, -0.05) is 60.7 Å². The molecule has 0 unspecified atom stereocenters. The first-order valence-corrected chi connectivity index (χ1v) is 17.9. The number of nitrogens with one attached hydrogen (secondary N) is 1. The van der Waals surface area contributed by atoms with Crippen LogP contribution in [0.5, 0.6) is 11.5 Å². The largest absolute Gasteiger partial charge is 0.507 e. The molecule has 5 aromatic carbocycles. The van der Waals surface area contributed by atoms with E-state index in [0.717, 1.165) is 57.6 Å². The fourth-order valence-corrected chi connectivity index (χ4v) is 7.29. The van der Waals surface area contributed by atoms with Crippen molar-refractivity contribution >= 4 is 67.0 Å². The number of aromatic hydroxyl groups is 2. The van der Waals surface area contributed by atoms with Crippen LogP contribution in [0, 0.1) is 0 Å². The predicted octanol–water partition coefficient (Wildman–Crippen LogP) is 6.74. The molecule has 0 radical (unpaired) electrons. The molecule has 0 amide bonds. The Morgan fingerprint density at radius 1 is 0.722 bits per heavy atom. The maximum absolute atomic E-state index is 11.6. The minimum Gasteiger partial charge on any atom is -0.507 e. The predicted molar refractivity (Wildman–Crippen MR) is 214 cm³/mol. The summed E-state index contributed by atoms with van der Waals surface area (Å²) in [6.45, 7) is 4.25. The molecule has 0 aliphatic carbocycles. The maximum atomic E-state index is 11.6. The number of aliphatic hydroxyl groups is 2. The molecule has 8 rings (SSSR count). The summed E-state index contributed by atoms with van der Waals surface area (Å²) in [6.07, 6.45) is -0.0407. The first kappa shape index (κ1) is 39.2. The molecular formula is C41H42N4O8S. The smallest absolute Gasteiger partial charge is 0.339 e. The molecule has 1 fully saturated rings. The second-order valence-corrected chi connectivity index (χ2v) is 13.2. The van der Waals surface area contributed by atoms with Crippen LogP contribution in [0.15, 0.2) is 101 Å². The lowest BCUT2D eigenvalue weighted by Gasteiger charge is -2.34. The second-order valence-electron chi connectivity index (χ2n) is 12.3. The maximum Gasteiger partial charge on any atom is 0.339 e. The number of carbonyl (C=O) groups is 2. The number of anilines is 2. The summed E-state index contributed by atoms with van der Waals surface area (Å²) in [5, 5.41) is 63.7. The van der Waals surface area contributed by atoms with Crippen LogP contribution in [-0.4, -0.2) is 106 Å². The van der Waals surface area contributed by atoms with E-state index in [2.05, 4.69) is 51.8 Å². The summed E-state index contributed by atoms with van der Waals surface area (Å²) in [6, 6.07) is 27.2. The lowest BCUT2D eigenvalue weighted by Crippen LogP contribution is -2.47. The Morgan fingerprint density at radius 2 is 1.22 bits per heavy atom. The van der Waals surface area contributed by atoms with Gasteiger partial charge in [0.05, 0.1) is 16.9 Å². The number of nitrogens with zero attached hydrogens (tertiary/aromatic N) is 3. The number of phenols is 2. The standard InChI is InChI=1S/C23H16O6.C16H18N4S.2CH4O/c24-20-16(14-7-3-1-5-12(14)9-18(20)22(26)27)11-17-15-8-4-2-6-13(15)10-19(21(17)25)23(28)29;1-19-7-9-20(10-8-19)15-12-6-11-21-16(12)18-14-5-3-2-4-13(14)17-15;2*1-2/h1-10,24-25H,11H2,(H,26,27)(H,28,29);2-6,11,18H,7-10H2,1H3;2*2H,1H3. The minimum absolute atomic E-state index is 0.0407. The van der Waals surface area contributed by atoms with E-state index in [1.54, 1.807) is 59.9 Å². The zero-order valence-electron chi connectivity index (χ0n) is 30.0. The van der Waals surface area contributed by atoms with E-state index >= 15 is 0 Å². The van der Waals surface area contributed by atoms with Crippen LogP contribution in [-0.2, 0) is 6.42 Å². The van der Waals surface area contributed by atoms with E-state index < -0.39 is 23.4 Å². The summed E-state index contributed by atoms with van der Waals surface area (Å²) < 4.78 is 0. The number of para-hydroxylation sites is 2. The Hall–Kier alpha value is -5.99.